The first-order valence-corrected chi connectivity index (χ1v) is 9.34. The van der Waals surface area contributed by atoms with E-state index >= 15 is 0 Å². The van der Waals surface area contributed by atoms with Gasteiger partial charge in [0, 0.05) is 25.0 Å². The zero-order chi connectivity index (χ0) is 18.7. The van der Waals surface area contributed by atoms with Crippen LogP contribution in [0.2, 0.25) is 0 Å². The highest BCUT2D eigenvalue weighted by Gasteiger charge is 2.41. The van der Waals surface area contributed by atoms with E-state index in [0.717, 1.165) is 51.0 Å². The van der Waals surface area contributed by atoms with E-state index in [1.165, 1.54) is 12.1 Å². The van der Waals surface area contributed by atoms with E-state index in [1.54, 1.807) is 12.1 Å². The van der Waals surface area contributed by atoms with E-state index in [4.69, 9.17) is 0 Å². The third kappa shape index (κ3) is 4.69. The lowest BCUT2D eigenvalue weighted by Gasteiger charge is -2.45. The largest absolute Gasteiger partial charge is 0.573 e. The Kier molecular flexibility index (Phi) is 6.10. The fraction of sp³-hybridized carbons (Fsp3) is 0.684. The first kappa shape index (κ1) is 19.5. The molecule has 1 saturated heterocycles. The molecule has 146 valence electrons. The van der Waals surface area contributed by atoms with Gasteiger partial charge in [0.1, 0.15) is 5.75 Å². The second-order valence-electron chi connectivity index (χ2n) is 7.33. The summed E-state index contributed by atoms with van der Waals surface area (Å²) < 4.78 is 41.1. The summed E-state index contributed by atoms with van der Waals surface area (Å²) in [7, 11) is 0. The predicted octanol–water partition coefficient (Wildman–Crippen LogP) is 3.12. The van der Waals surface area contributed by atoms with Crippen LogP contribution in [0.5, 0.6) is 5.75 Å². The molecular weight excluding hydrogens is 345 g/mol. The monoisotopic (exact) mass is 372 g/mol. The molecule has 0 amide bonds. The lowest BCUT2D eigenvalue weighted by atomic mass is 9.68. The number of hydrogen-bond donors (Lipinski definition) is 2. The van der Waals surface area contributed by atoms with E-state index in [2.05, 4.69) is 21.9 Å². The topological polar surface area (TPSA) is 44.7 Å². The van der Waals surface area contributed by atoms with Crippen molar-refractivity contribution in [3.05, 3.63) is 29.8 Å². The average molecular weight is 372 g/mol. The van der Waals surface area contributed by atoms with Crippen molar-refractivity contribution in [3.63, 3.8) is 0 Å². The quantitative estimate of drug-likeness (QED) is 0.834. The highest BCUT2D eigenvalue weighted by atomic mass is 19.4. The molecule has 2 aliphatic rings. The van der Waals surface area contributed by atoms with Crippen LogP contribution in [-0.4, -0.2) is 54.7 Å². The average Bonchev–Trinajstić information content (AvgIpc) is 2.86. The van der Waals surface area contributed by atoms with E-state index in [9.17, 15) is 18.3 Å². The number of aliphatic hydroxyl groups is 1. The Morgan fingerprint density at radius 3 is 2.46 bits per heavy atom. The van der Waals surface area contributed by atoms with Crippen LogP contribution in [0.15, 0.2) is 24.3 Å². The van der Waals surface area contributed by atoms with Crippen molar-refractivity contribution in [2.45, 2.75) is 50.6 Å². The Morgan fingerprint density at radius 2 is 1.88 bits per heavy atom. The summed E-state index contributed by atoms with van der Waals surface area (Å²) in [5.41, 5.74) is 0.966. The molecule has 1 aliphatic heterocycles. The number of nitrogens with one attached hydrogen (secondary N) is 1. The lowest BCUT2D eigenvalue weighted by Crippen LogP contribution is -2.47. The van der Waals surface area contributed by atoms with Gasteiger partial charge in [-0.1, -0.05) is 12.1 Å². The molecule has 1 heterocycles. The Morgan fingerprint density at radius 1 is 1.15 bits per heavy atom. The Balaban J connectivity index is 1.79. The number of nitrogens with zero attached hydrogens (tertiary/aromatic N) is 1. The van der Waals surface area contributed by atoms with Crippen molar-refractivity contribution in [2.24, 2.45) is 5.92 Å². The SMILES string of the molecule is CC(C(c1ccc(OC(F)(F)F)cc1)C1CCC1O)N1CCCNCC1. The molecule has 26 heavy (non-hydrogen) atoms. The second-order valence-corrected chi connectivity index (χ2v) is 7.33. The Labute approximate surface area is 152 Å². The summed E-state index contributed by atoms with van der Waals surface area (Å²) in [5.74, 6) is 0.0353. The normalized spacial score (nSPS) is 27.3. The molecule has 1 aliphatic carbocycles. The van der Waals surface area contributed by atoms with Crippen LogP contribution >= 0.6 is 0 Å². The molecule has 0 aromatic heterocycles. The van der Waals surface area contributed by atoms with Gasteiger partial charge >= 0.3 is 6.36 Å². The van der Waals surface area contributed by atoms with Gasteiger partial charge in [0.05, 0.1) is 6.10 Å². The zero-order valence-electron chi connectivity index (χ0n) is 15.0. The maximum absolute atomic E-state index is 12.4. The fourth-order valence-electron chi connectivity index (χ4n) is 4.20. The maximum Gasteiger partial charge on any atom is 0.573 e. The fourth-order valence-corrected chi connectivity index (χ4v) is 4.20. The van der Waals surface area contributed by atoms with Gasteiger partial charge in [0.2, 0.25) is 0 Å². The van der Waals surface area contributed by atoms with Crippen LogP contribution < -0.4 is 10.1 Å². The molecule has 4 unspecified atom stereocenters. The number of halogens is 3. The molecule has 2 N–H and O–H groups in total. The number of rotatable bonds is 5. The van der Waals surface area contributed by atoms with Crippen molar-refractivity contribution >= 4 is 0 Å². The highest BCUT2D eigenvalue weighted by Crippen LogP contribution is 2.43. The number of ether oxygens (including phenoxy) is 1. The molecule has 4 atom stereocenters. The molecule has 1 aromatic rings. The number of alkyl halides is 3. The minimum absolute atomic E-state index is 0.0942. The third-order valence-corrected chi connectivity index (χ3v) is 5.72. The summed E-state index contributed by atoms with van der Waals surface area (Å²) in [6, 6.07) is 6.38. The minimum atomic E-state index is -4.68. The minimum Gasteiger partial charge on any atom is -0.406 e. The Hall–Kier alpha value is -1.31. The first-order chi connectivity index (χ1) is 12.3. The molecule has 0 spiro atoms. The first-order valence-electron chi connectivity index (χ1n) is 9.34. The molecule has 4 nitrogen and oxygen atoms in total. The van der Waals surface area contributed by atoms with Crippen molar-refractivity contribution in [2.75, 3.05) is 26.2 Å². The summed E-state index contributed by atoms with van der Waals surface area (Å²) in [4.78, 5) is 2.43. The summed E-state index contributed by atoms with van der Waals surface area (Å²) >= 11 is 0. The van der Waals surface area contributed by atoms with Gasteiger partial charge in [0.25, 0.3) is 0 Å². The number of aliphatic hydroxyl groups excluding tert-OH is 1. The van der Waals surface area contributed by atoms with Crippen molar-refractivity contribution in [1.82, 2.24) is 10.2 Å². The predicted molar refractivity (Wildman–Crippen MR) is 93.1 cm³/mol. The number of hydrogen-bond acceptors (Lipinski definition) is 4. The van der Waals surface area contributed by atoms with Crippen molar-refractivity contribution in [1.29, 1.82) is 0 Å². The van der Waals surface area contributed by atoms with Crippen molar-refractivity contribution in [3.8, 4) is 5.75 Å². The molecule has 1 aromatic carbocycles. The summed E-state index contributed by atoms with van der Waals surface area (Å²) in [5, 5.41) is 13.6. The molecule has 3 rings (SSSR count). The van der Waals surface area contributed by atoms with E-state index in [0.29, 0.717) is 0 Å². The van der Waals surface area contributed by atoms with Crippen LogP contribution in [0.4, 0.5) is 13.2 Å². The van der Waals surface area contributed by atoms with E-state index < -0.39 is 6.36 Å². The maximum atomic E-state index is 12.4. The standard InChI is InChI=1S/C19H27F3N2O2/c1-13(24-11-2-9-23-10-12-24)18(16-7-8-17(16)25)14-3-5-15(6-4-14)26-19(20,21)22/h3-6,13,16-18,23,25H,2,7-12H2,1H3. The second kappa shape index (κ2) is 8.15. The van der Waals surface area contributed by atoms with Gasteiger partial charge in [0.15, 0.2) is 0 Å². The zero-order valence-corrected chi connectivity index (χ0v) is 15.0. The van der Waals surface area contributed by atoms with Gasteiger partial charge in [-0.15, -0.1) is 13.2 Å². The molecule has 1 saturated carbocycles. The smallest absolute Gasteiger partial charge is 0.406 e. The van der Waals surface area contributed by atoms with Gasteiger partial charge in [-0.2, -0.15) is 0 Å². The number of benzene rings is 1. The van der Waals surface area contributed by atoms with Gasteiger partial charge in [-0.25, -0.2) is 0 Å². The van der Waals surface area contributed by atoms with Crippen LogP contribution in [0.1, 0.15) is 37.7 Å². The molecule has 7 heteroatoms. The van der Waals surface area contributed by atoms with Crippen LogP contribution in [0.3, 0.4) is 0 Å². The van der Waals surface area contributed by atoms with Crippen LogP contribution in [0, 0.1) is 5.92 Å². The Bertz CT molecular complexity index is 571. The third-order valence-electron chi connectivity index (χ3n) is 5.72. The van der Waals surface area contributed by atoms with Gasteiger partial charge in [-0.05, 0) is 62.9 Å². The van der Waals surface area contributed by atoms with Crippen LogP contribution in [-0.2, 0) is 0 Å². The highest BCUT2D eigenvalue weighted by molar-refractivity contribution is 5.31. The summed E-state index contributed by atoms with van der Waals surface area (Å²) in [6.45, 7) is 6.03. The van der Waals surface area contributed by atoms with Crippen LogP contribution in [0.25, 0.3) is 0 Å². The van der Waals surface area contributed by atoms with E-state index in [-0.39, 0.29) is 29.7 Å². The summed E-state index contributed by atoms with van der Waals surface area (Å²) in [6.07, 6.45) is -2.20. The molecule has 2 fully saturated rings. The van der Waals surface area contributed by atoms with Gasteiger partial charge in [-0.3, -0.25) is 4.90 Å². The molecule has 0 radical (unpaired) electrons. The molecular formula is C19H27F3N2O2. The molecule has 0 bridgehead atoms. The van der Waals surface area contributed by atoms with Crippen molar-refractivity contribution < 1.29 is 23.0 Å². The van der Waals surface area contributed by atoms with Gasteiger partial charge < -0.3 is 15.2 Å². The van der Waals surface area contributed by atoms with E-state index in [1.807, 2.05) is 0 Å². The lowest BCUT2D eigenvalue weighted by molar-refractivity contribution is -0.274.